The van der Waals surface area contributed by atoms with E-state index in [1.165, 1.54) is 12.1 Å². The topological polar surface area (TPSA) is 92.4 Å². The highest BCUT2D eigenvalue weighted by Gasteiger charge is 2.47. The lowest BCUT2D eigenvalue weighted by molar-refractivity contribution is -0.0510. The molecule has 0 spiro atoms. The molecule has 7 heteroatoms. The maximum atomic E-state index is 11.2. The second kappa shape index (κ2) is 4.73. The zero-order valence-corrected chi connectivity index (χ0v) is 13.1. The molecule has 2 unspecified atom stereocenters. The highest BCUT2D eigenvalue weighted by atomic mass is 79.9. The van der Waals surface area contributed by atoms with Crippen LogP contribution in [0.25, 0.3) is 0 Å². The smallest absolute Gasteiger partial charge is 0.238 e. The van der Waals surface area contributed by atoms with Gasteiger partial charge in [-0.1, -0.05) is 13.8 Å². The predicted octanol–water partition coefficient (Wildman–Crippen LogP) is 1.67. The Morgan fingerprint density at radius 2 is 2.11 bits per heavy atom. The molecule has 1 aliphatic rings. The first-order valence-corrected chi connectivity index (χ1v) is 8.23. The summed E-state index contributed by atoms with van der Waals surface area (Å²) in [5.41, 5.74) is 0.593. The lowest BCUT2D eigenvalue weighted by Gasteiger charge is -2.50. The number of sulfonamides is 1. The summed E-state index contributed by atoms with van der Waals surface area (Å²) >= 11 is 3.33. The lowest BCUT2D eigenvalue weighted by Crippen LogP contribution is -2.56. The second-order valence-corrected chi connectivity index (χ2v) is 7.87. The molecular weight excluding hydrogens is 332 g/mol. The van der Waals surface area contributed by atoms with Crippen molar-refractivity contribution in [3.8, 4) is 0 Å². The average molecular weight is 349 g/mol. The third-order valence-corrected chi connectivity index (χ3v) is 5.38. The Hall–Kier alpha value is -0.630. The van der Waals surface area contributed by atoms with Crippen LogP contribution in [0.15, 0.2) is 27.6 Å². The number of primary sulfonamides is 1. The Morgan fingerprint density at radius 1 is 1.47 bits per heavy atom. The number of hydrogen-bond acceptors (Lipinski definition) is 4. The van der Waals surface area contributed by atoms with Gasteiger partial charge in [0.25, 0.3) is 0 Å². The summed E-state index contributed by atoms with van der Waals surface area (Å²) in [5.74, 6) is 0. The number of halogens is 1. The van der Waals surface area contributed by atoms with Crippen molar-refractivity contribution in [3.63, 3.8) is 0 Å². The van der Waals surface area contributed by atoms with Crippen LogP contribution in [0, 0.1) is 5.41 Å². The monoisotopic (exact) mass is 348 g/mol. The van der Waals surface area contributed by atoms with E-state index in [1.807, 2.05) is 13.8 Å². The molecule has 0 saturated heterocycles. The van der Waals surface area contributed by atoms with Gasteiger partial charge >= 0.3 is 0 Å². The largest absolute Gasteiger partial charge is 0.392 e. The summed E-state index contributed by atoms with van der Waals surface area (Å²) in [6.07, 6.45) is 0.364. The molecule has 1 fully saturated rings. The third-order valence-electron chi connectivity index (χ3n) is 3.81. The first kappa shape index (κ1) is 14.8. The summed E-state index contributed by atoms with van der Waals surface area (Å²) in [4.78, 5) is 0.0674. The lowest BCUT2D eigenvalue weighted by atomic mass is 9.64. The van der Waals surface area contributed by atoms with E-state index in [4.69, 9.17) is 5.14 Å². The fraction of sp³-hybridized carbons (Fsp3) is 0.500. The highest BCUT2D eigenvalue weighted by Crippen LogP contribution is 2.43. The number of aliphatic hydroxyl groups is 1. The minimum absolute atomic E-state index is 0.0674. The maximum Gasteiger partial charge on any atom is 0.238 e. The summed E-state index contributed by atoms with van der Waals surface area (Å²) in [7, 11) is -3.69. The summed E-state index contributed by atoms with van der Waals surface area (Å²) in [6.45, 7) is 3.98. The Bertz CT molecular complexity index is 601. The van der Waals surface area contributed by atoms with Crippen LogP contribution in [0.4, 0.5) is 5.69 Å². The maximum absolute atomic E-state index is 11.2. The van der Waals surface area contributed by atoms with Gasteiger partial charge < -0.3 is 10.4 Å². The first-order valence-electron chi connectivity index (χ1n) is 5.89. The zero-order chi connectivity index (χ0) is 14.4. The van der Waals surface area contributed by atoms with Crippen LogP contribution in [0.2, 0.25) is 0 Å². The van der Waals surface area contributed by atoms with Crippen molar-refractivity contribution in [1.82, 2.24) is 0 Å². The number of benzene rings is 1. The van der Waals surface area contributed by atoms with Gasteiger partial charge in [-0.05, 0) is 40.5 Å². The van der Waals surface area contributed by atoms with Crippen molar-refractivity contribution < 1.29 is 13.5 Å². The minimum Gasteiger partial charge on any atom is -0.392 e. The van der Waals surface area contributed by atoms with E-state index in [1.54, 1.807) is 6.07 Å². The van der Waals surface area contributed by atoms with Crippen LogP contribution >= 0.6 is 15.9 Å². The van der Waals surface area contributed by atoms with Crippen molar-refractivity contribution >= 4 is 31.6 Å². The van der Waals surface area contributed by atoms with E-state index in [-0.39, 0.29) is 22.5 Å². The van der Waals surface area contributed by atoms with Crippen molar-refractivity contribution in [2.75, 3.05) is 5.32 Å². The van der Waals surface area contributed by atoms with Gasteiger partial charge in [0, 0.05) is 21.6 Å². The number of rotatable bonds is 3. The standard InChI is InChI=1S/C12H17BrN2O3S/c1-12(2)10(6-11(12)16)15-9-4-3-7(5-8(9)13)19(14,17)18/h3-5,10-11,15-16H,6H2,1-2H3,(H2,14,17,18). The molecule has 2 atom stereocenters. The fourth-order valence-electron chi connectivity index (χ4n) is 2.12. The van der Waals surface area contributed by atoms with Crippen molar-refractivity contribution in [2.45, 2.75) is 37.3 Å². The Labute approximate surface area is 121 Å². The molecule has 0 amide bonds. The van der Waals surface area contributed by atoms with E-state index in [2.05, 4.69) is 21.2 Å². The molecular formula is C12H17BrN2O3S. The highest BCUT2D eigenvalue weighted by molar-refractivity contribution is 9.10. The number of aliphatic hydroxyl groups excluding tert-OH is 1. The van der Waals surface area contributed by atoms with Crippen molar-refractivity contribution in [3.05, 3.63) is 22.7 Å². The van der Waals surface area contributed by atoms with Gasteiger partial charge in [-0.25, -0.2) is 13.6 Å². The predicted molar refractivity (Wildman–Crippen MR) is 77.3 cm³/mol. The molecule has 0 radical (unpaired) electrons. The Balaban J connectivity index is 2.20. The van der Waals surface area contributed by atoms with Gasteiger partial charge in [-0.3, -0.25) is 0 Å². The van der Waals surface area contributed by atoms with Crippen LogP contribution < -0.4 is 10.5 Å². The third kappa shape index (κ3) is 2.79. The number of nitrogens with two attached hydrogens (primary N) is 1. The molecule has 1 aromatic carbocycles. The molecule has 0 aromatic heterocycles. The molecule has 19 heavy (non-hydrogen) atoms. The number of anilines is 1. The van der Waals surface area contributed by atoms with Crippen LogP contribution in [0.1, 0.15) is 20.3 Å². The van der Waals surface area contributed by atoms with Crippen molar-refractivity contribution in [1.29, 1.82) is 0 Å². The van der Waals surface area contributed by atoms with E-state index < -0.39 is 10.0 Å². The van der Waals surface area contributed by atoms with Gasteiger partial charge in [0.05, 0.1) is 11.0 Å². The SMILES string of the molecule is CC1(C)C(O)CC1Nc1ccc(S(N)(=O)=O)cc1Br. The molecule has 4 N–H and O–H groups in total. The zero-order valence-electron chi connectivity index (χ0n) is 10.7. The molecule has 5 nitrogen and oxygen atoms in total. The van der Waals surface area contributed by atoms with Crippen LogP contribution in [0.3, 0.4) is 0 Å². The van der Waals surface area contributed by atoms with E-state index in [9.17, 15) is 13.5 Å². The Kier molecular flexibility index (Phi) is 3.68. The molecule has 1 aromatic rings. The summed E-state index contributed by atoms with van der Waals surface area (Å²) < 4.78 is 23.1. The average Bonchev–Trinajstić information content (AvgIpc) is 2.29. The summed E-state index contributed by atoms with van der Waals surface area (Å²) in [6, 6.07) is 4.76. The second-order valence-electron chi connectivity index (χ2n) is 5.46. The van der Waals surface area contributed by atoms with Gasteiger partial charge in [-0.15, -0.1) is 0 Å². The van der Waals surface area contributed by atoms with Gasteiger partial charge in [0.1, 0.15) is 0 Å². The number of nitrogens with one attached hydrogen (secondary N) is 1. The van der Waals surface area contributed by atoms with Crippen LogP contribution in [-0.2, 0) is 10.0 Å². The van der Waals surface area contributed by atoms with E-state index >= 15 is 0 Å². The molecule has 0 aliphatic heterocycles. The molecule has 1 saturated carbocycles. The van der Waals surface area contributed by atoms with Gasteiger partial charge in [0.2, 0.25) is 10.0 Å². The number of hydrogen-bond donors (Lipinski definition) is 3. The van der Waals surface area contributed by atoms with Crippen LogP contribution in [0.5, 0.6) is 0 Å². The van der Waals surface area contributed by atoms with Gasteiger partial charge in [0.15, 0.2) is 0 Å². The molecule has 0 bridgehead atoms. The minimum atomic E-state index is -3.69. The molecule has 1 aliphatic carbocycles. The fourth-order valence-corrected chi connectivity index (χ4v) is 3.31. The first-order chi connectivity index (χ1) is 8.62. The molecule has 0 heterocycles. The normalized spacial score (nSPS) is 25.7. The quantitative estimate of drug-likeness (QED) is 0.774. The van der Waals surface area contributed by atoms with Crippen molar-refractivity contribution in [2.24, 2.45) is 10.6 Å². The molecule has 2 rings (SSSR count). The van der Waals surface area contributed by atoms with E-state index in [0.717, 1.165) is 5.69 Å². The Morgan fingerprint density at radius 3 is 2.53 bits per heavy atom. The van der Waals surface area contributed by atoms with Gasteiger partial charge in [-0.2, -0.15) is 0 Å². The molecule has 106 valence electrons. The van der Waals surface area contributed by atoms with E-state index in [0.29, 0.717) is 10.9 Å². The van der Waals surface area contributed by atoms with Crippen LogP contribution in [-0.4, -0.2) is 25.7 Å². The summed E-state index contributed by atoms with van der Waals surface area (Å²) in [5, 5.41) is 18.1.